The fourth-order valence-corrected chi connectivity index (χ4v) is 3.17. The molecule has 2 N–H and O–H groups in total. The zero-order valence-corrected chi connectivity index (χ0v) is 14.9. The van der Waals surface area contributed by atoms with Crippen molar-refractivity contribution in [2.75, 3.05) is 0 Å². The van der Waals surface area contributed by atoms with Gasteiger partial charge in [0.05, 0.1) is 10.4 Å². The number of rotatable bonds is 4. The molecule has 1 aromatic heterocycles. The van der Waals surface area contributed by atoms with Crippen molar-refractivity contribution in [3.63, 3.8) is 0 Å². The summed E-state index contributed by atoms with van der Waals surface area (Å²) >= 11 is 1.36. The molecule has 2 aromatic rings. The topological polar surface area (TPSA) is 58.2 Å². The predicted octanol–water partition coefficient (Wildman–Crippen LogP) is 4.11. The Morgan fingerprint density at radius 2 is 1.81 bits per heavy atom. The lowest BCUT2D eigenvalue weighted by Gasteiger charge is -2.06. The number of carbonyl (C=O) groups excluding carboxylic acids is 2. The monoisotopic (exact) mass is 382 g/mol. The van der Waals surface area contributed by atoms with Crippen LogP contribution in [-0.2, 0) is 17.4 Å². The Morgan fingerprint density at radius 3 is 2.35 bits per heavy atom. The number of hydrazine groups is 1. The van der Waals surface area contributed by atoms with Crippen LogP contribution < -0.4 is 10.9 Å². The van der Waals surface area contributed by atoms with E-state index >= 15 is 0 Å². The highest BCUT2D eigenvalue weighted by atomic mass is 32.1. The van der Waals surface area contributed by atoms with Crippen LogP contribution in [-0.4, -0.2) is 11.8 Å². The number of thiophene rings is 1. The van der Waals surface area contributed by atoms with E-state index in [0.29, 0.717) is 10.4 Å². The molecule has 0 atom stereocenters. The molecule has 138 valence electrons. The maximum absolute atomic E-state index is 12.5. The highest BCUT2D eigenvalue weighted by molar-refractivity contribution is 7.14. The molecule has 0 aliphatic rings. The Bertz CT molecular complexity index is 824. The van der Waals surface area contributed by atoms with Crippen molar-refractivity contribution < 1.29 is 22.8 Å². The Balaban J connectivity index is 1.89. The van der Waals surface area contributed by atoms with Crippen molar-refractivity contribution in [1.29, 1.82) is 0 Å². The van der Waals surface area contributed by atoms with Gasteiger partial charge in [0.1, 0.15) is 0 Å². The van der Waals surface area contributed by atoms with Crippen molar-refractivity contribution >= 4 is 29.2 Å². The van der Waals surface area contributed by atoms with Gasteiger partial charge in [0, 0.05) is 11.0 Å². The van der Waals surface area contributed by atoms with E-state index < -0.39 is 23.6 Å². The van der Waals surface area contributed by atoms with Gasteiger partial charge in [-0.1, -0.05) is 19.1 Å². The third kappa shape index (κ3) is 5.19. The van der Waals surface area contributed by atoms with Gasteiger partial charge in [-0.3, -0.25) is 20.4 Å². The average Bonchev–Trinajstić information content (AvgIpc) is 2.98. The summed E-state index contributed by atoms with van der Waals surface area (Å²) in [5.74, 6) is -1.02. The van der Waals surface area contributed by atoms with E-state index in [1.807, 2.05) is 13.8 Å². The van der Waals surface area contributed by atoms with Crippen LogP contribution in [0.4, 0.5) is 13.2 Å². The lowest BCUT2D eigenvalue weighted by atomic mass is 10.1. The Morgan fingerprint density at radius 1 is 1.15 bits per heavy atom. The molecule has 0 bridgehead atoms. The summed E-state index contributed by atoms with van der Waals surface area (Å²) in [6.45, 7) is 3.91. The predicted molar refractivity (Wildman–Crippen MR) is 94.5 cm³/mol. The number of hydrogen-bond donors (Lipinski definition) is 2. The molecule has 0 aliphatic heterocycles. The molecule has 4 nitrogen and oxygen atoms in total. The lowest BCUT2D eigenvalue weighted by Crippen LogP contribution is -2.40. The third-order valence-electron chi connectivity index (χ3n) is 3.53. The second-order valence-electron chi connectivity index (χ2n) is 5.47. The second kappa shape index (κ2) is 8.18. The Labute approximate surface area is 152 Å². The van der Waals surface area contributed by atoms with Gasteiger partial charge >= 0.3 is 6.18 Å². The number of nitrogens with one attached hydrogen (secondary N) is 2. The number of halogens is 3. The van der Waals surface area contributed by atoms with E-state index in [-0.39, 0.29) is 0 Å². The van der Waals surface area contributed by atoms with E-state index in [4.69, 9.17) is 0 Å². The zero-order chi connectivity index (χ0) is 19.3. The molecular weight excluding hydrogens is 365 g/mol. The van der Waals surface area contributed by atoms with Crippen molar-refractivity contribution in [1.82, 2.24) is 10.9 Å². The van der Waals surface area contributed by atoms with Crippen LogP contribution in [0.3, 0.4) is 0 Å². The molecule has 0 saturated carbocycles. The molecule has 0 spiro atoms. The van der Waals surface area contributed by atoms with E-state index in [1.165, 1.54) is 29.5 Å². The summed E-state index contributed by atoms with van der Waals surface area (Å²) in [6.07, 6.45) is -1.10. The molecule has 2 rings (SSSR count). The van der Waals surface area contributed by atoms with Crippen LogP contribution >= 0.6 is 11.3 Å². The van der Waals surface area contributed by atoms with Crippen LogP contribution in [0.5, 0.6) is 0 Å². The third-order valence-corrected chi connectivity index (χ3v) is 4.91. The maximum atomic E-state index is 12.5. The summed E-state index contributed by atoms with van der Waals surface area (Å²) in [6, 6.07) is 6.13. The summed E-state index contributed by atoms with van der Waals surface area (Å²) in [4.78, 5) is 25.3. The molecule has 1 heterocycles. The maximum Gasteiger partial charge on any atom is 0.416 e. The van der Waals surface area contributed by atoms with Gasteiger partial charge in [-0.25, -0.2) is 0 Å². The minimum Gasteiger partial charge on any atom is -0.268 e. The molecular formula is C18H17F3N2O2S. The SMILES string of the molecule is CCc1sc(C(=O)NNC(=O)/C=C/c2ccc(C(F)(F)F)cc2)cc1C. The second-order valence-corrected chi connectivity index (χ2v) is 6.60. The number of alkyl halides is 3. The van der Waals surface area contributed by atoms with E-state index in [2.05, 4.69) is 10.9 Å². The highest BCUT2D eigenvalue weighted by Gasteiger charge is 2.29. The normalized spacial score (nSPS) is 11.6. The van der Waals surface area contributed by atoms with Gasteiger partial charge in [-0.05, 0) is 48.7 Å². The van der Waals surface area contributed by atoms with Crippen LogP contribution in [0.25, 0.3) is 6.08 Å². The van der Waals surface area contributed by atoms with Crippen LogP contribution in [0.2, 0.25) is 0 Å². The largest absolute Gasteiger partial charge is 0.416 e. The fraction of sp³-hybridized carbons (Fsp3) is 0.222. The smallest absolute Gasteiger partial charge is 0.268 e. The van der Waals surface area contributed by atoms with E-state index in [9.17, 15) is 22.8 Å². The van der Waals surface area contributed by atoms with Crippen molar-refractivity contribution in [3.8, 4) is 0 Å². The molecule has 0 unspecified atom stereocenters. The van der Waals surface area contributed by atoms with Gasteiger partial charge in [0.25, 0.3) is 11.8 Å². The van der Waals surface area contributed by atoms with Crippen LogP contribution in [0.15, 0.2) is 36.4 Å². The van der Waals surface area contributed by atoms with Crippen molar-refractivity contribution in [3.05, 3.63) is 62.9 Å². The first-order valence-electron chi connectivity index (χ1n) is 7.75. The summed E-state index contributed by atoms with van der Waals surface area (Å²) < 4.78 is 37.4. The first kappa shape index (κ1) is 19.7. The van der Waals surface area contributed by atoms with Gasteiger partial charge in [-0.2, -0.15) is 13.2 Å². The minimum absolute atomic E-state index is 0.422. The summed E-state index contributed by atoms with van der Waals surface area (Å²) in [5, 5.41) is 0. The molecule has 0 saturated heterocycles. The first-order chi connectivity index (χ1) is 12.2. The zero-order valence-electron chi connectivity index (χ0n) is 14.1. The van der Waals surface area contributed by atoms with E-state index in [0.717, 1.165) is 35.1 Å². The molecule has 26 heavy (non-hydrogen) atoms. The number of carbonyl (C=O) groups is 2. The standard InChI is InChI=1S/C18H17F3N2O2S/c1-3-14-11(2)10-15(26-14)17(25)23-22-16(24)9-6-12-4-7-13(8-5-12)18(19,20)21/h4-10H,3H2,1-2H3,(H,22,24)(H,23,25)/b9-6+. The fourth-order valence-electron chi connectivity index (χ4n) is 2.16. The van der Waals surface area contributed by atoms with Crippen molar-refractivity contribution in [2.24, 2.45) is 0 Å². The summed E-state index contributed by atoms with van der Waals surface area (Å²) in [5.41, 5.74) is 5.23. The highest BCUT2D eigenvalue weighted by Crippen LogP contribution is 2.29. The lowest BCUT2D eigenvalue weighted by molar-refractivity contribution is -0.137. The Kier molecular flexibility index (Phi) is 6.20. The molecule has 0 radical (unpaired) electrons. The number of amides is 2. The summed E-state index contributed by atoms with van der Waals surface area (Å²) in [7, 11) is 0. The Hall–Kier alpha value is -2.61. The van der Waals surface area contributed by atoms with Gasteiger partial charge < -0.3 is 0 Å². The van der Waals surface area contributed by atoms with Crippen molar-refractivity contribution in [2.45, 2.75) is 26.4 Å². The number of aryl methyl sites for hydroxylation is 2. The van der Waals surface area contributed by atoms with Crippen LogP contribution in [0, 0.1) is 6.92 Å². The number of benzene rings is 1. The number of hydrogen-bond acceptors (Lipinski definition) is 3. The molecule has 1 aromatic carbocycles. The van der Waals surface area contributed by atoms with Gasteiger partial charge in [0.15, 0.2) is 0 Å². The molecule has 0 fully saturated rings. The van der Waals surface area contributed by atoms with Crippen LogP contribution in [0.1, 0.15) is 38.2 Å². The molecule has 8 heteroatoms. The van der Waals surface area contributed by atoms with E-state index in [1.54, 1.807) is 6.07 Å². The minimum atomic E-state index is -4.40. The molecule has 0 aliphatic carbocycles. The quantitative estimate of drug-likeness (QED) is 0.618. The molecule has 2 amide bonds. The van der Waals surface area contributed by atoms with Gasteiger partial charge in [0.2, 0.25) is 0 Å². The average molecular weight is 382 g/mol. The van der Waals surface area contributed by atoms with Gasteiger partial charge in [-0.15, -0.1) is 11.3 Å². The first-order valence-corrected chi connectivity index (χ1v) is 8.57.